The molecule has 0 radical (unpaired) electrons. The van der Waals surface area contributed by atoms with Crippen LogP contribution in [0.1, 0.15) is 16.7 Å². The molecule has 3 nitrogen and oxygen atoms in total. The van der Waals surface area contributed by atoms with Gasteiger partial charge in [-0.15, -0.1) is 0 Å². The van der Waals surface area contributed by atoms with E-state index in [1.54, 1.807) is 0 Å². The smallest absolute Gasteiger partial charge is 0.133 e. The minimum absolute atomic E-state index is 0.974. The summed E-state index contributed by atoms with van der Waals surface area (Å²) in [5, 5.41) is 8.43. The van der Waals surface area contributed by atoms with E-state index in [1.165, 1.54) is 16.7 Å². The molecule has 1 aromatic heterocycles. The quantitative estimate of drug-likeness (QED) is 0.698. The van der Waals surface area contributed by atoms with Crippen LogP contribution in [0.2, 0.25) is 0 Å². The van der Waals surface area contributed by atoms with Gasteiger partial charge in [0.2, 0.25) is 0 Å². The zero-order chi connectivity index (χ0) is 16.0. The Labute approximate surface area is 144 Å². The molecule has 0 atom stereocenters. The third kappa shape index (κ3) is 2.47. The first-order valence-corrected chi connectivity index (χ1v) is 8.62. The van der Waals surface area contributed by atoms with Crippen molar-refractivity contribution in [3.8, 4) is 16.9 Å². The Hall–Kier alpha value is -2.07. The summed E-state index contributed by atoms with van der Waals surface area (Å²) < 4.78 is 3.15. The fourth-order valence-corrected chi connectivity index (χ4v) is 3.50. The van der Waals surface area contributed by atoms with E-state index in [2.05, 4.69) is 82.2 Å². The summed E-state index contributed by atoms with van der Waals surface area (Å²) in [5.74, 6) is 1.13. The first kappa shape index (κ1) is 14.5. The Balaban J connectivity index is 1.89. The van der Waals surface area contributed by atoms with Crippen molar-refractivity contribution >= 4 is 21.7 Å². The fourth-order valence-electron chi connectivity index (χ4n) is 3.23. The van der Waals surface area contributed by atoms with E-state index >= 15 is 0 Å². The van der Waals surface area contributed by atoms with Gasteiger partial charge in [-0.1, -0.05) is 45.8 Å². The van der Waals surface area contributed by atoms with E-state index in [0.717, 1.165) is 40.2 Å². The molecule has 0 aliphatic carbocycles. The van der Waals surface area contributed by atoms with Crippen molar-refractivity contribution in [1.82, 2.24) is 9.78 Å². The van der Waals surface area contributed by atoms with Crippen LogP contribution in [0.5, 0.6) is 0 Å². The van der Waals surface area contributed by atoms with E-state index in [1.807, 2.05) is 0 Å². The molecule has 0 spiro atoms. The third-order valence-corrected chi connectivity index (χ3v) is 4.88. The highest BCUT2D eigenvalue weighted by atomic mass is 79.9. The van der Waals surface area contributed by atoms with E-state index < -0.39 is 0 Å². The predicted molar refractivity (Wildman–Crippen MR) is 98.4 cm³/mol. The number of benzene rings is 2. The lowest BCUT2D eigenvalue weighted by Gasteiger charge is -2.10. The second-order valence-electron chi connectivity index (χ2n) is 6.06. The number of aromatic nitrogens is 2. The molecule has 116 valence electrons. The normalized spacial score (nSPS) is 13.0. The molecule has 1 N–H and O–H groups in total. The van der Waals surface area contributed by atoms with Crippen molar-refractivity contribution in [2.75, 3.05) is 11.9 Å². The average Bonchev–Trinajstić information content (AvgIpc) is 3.11. The predicted octanol–water partition coefficient (Wildman–Crippen LogP) is 4.89. The van der Waals surface area contributed by atoms with Crippen molar-refractivity contribution in [1.29, 1.82) is 0 Å². The summed E-state index contributed by atoms with van der Waals surface area (Å²) in [4.78, 5) is 0. The van der Waals surface area contributed by atoms with Gasteiger partial charge in [0.25, 0.3) is 0 Å². The zero-order valence-electron chi connectivity index (χ0n) is 13.2. The number of nitrogens with zero attached hydrogens (tertiary/aromatic N) is 2. The van der Waals surface area contributed by atoms with Gasteiger partial charge in [0.05, 0.1) is 11.4 Å². The molecule has 0 amide bonds. The van der Waals surface area contributed by atoms with Crippen LogP contribution in [-0.4, -0.2) is 16.3 Å². The molecule has 1 aliphatic rings. The summed E-state index contributed by atoms with van der Waals surface area (Å²) in [5.41, 5.74) is 7.22. The van der Waals surface area contributed by atoms with Gasteiger partial charge >= 0.3 is 0 Å². The van der Waals surface area contributed by atoms with Gasteiger partial charge in [-0.3, -0.25) is 0 Å². The average molecular weight is 368 g/mol. The lowest BCUT2D eigenvalue weighted by atomic mass is 10.1. The molecule has 4 rings (SSSR count). The number of aryl methyl sites for hydroxylation is 2. The molecule has 2 aromatic carbocycles. The largest absolute Gasteiger partial charge is 0.369 e. The summed E-state index contributed by atoms with van der Waals surface area (Å²) in [6.07, 6.45) is 1.02. The number of rotatable bonds is 2. The summed E-state index contributed by atoms with van der Waals surface area (Å²) >= 11 is 3.50. The van der Waals surface area contributed by atoms with Crippen LogP contribution in [-0.2, 0) is 6.42 Å². The SMILES string of the molecule is Cc1ccc(-n2nc(-c3ccc(Br)cc3)c3c2NCC3)c(C)c1. The van der Waals surface area contributed by atoms with Gasteiger partial charge in [-0.2, -0.15) is 5.10 Å². The highest BCUT2D eigenvalue weighted by Gasteiger charge is 2.24. The molecule has 1 aliphatic heterocycles. The van der Waals surface area contributed by atoms with Crippen molar-refractivity contribution < 1.29 is 0 Å². The Morgan fingerprint density at radius 3 is 2.61 bits per heavy atom. The van der Waals surface area contributed by atoms with Crippen LogP contribution in [0.25, 0.3) is 16.9 Å². The maximum atomic E-state index is 4.93. The molecule has 0 bridgehead atoms. The van der Waals surface area contributed by atoms with E-state index in [-0.39, 0.29) is 0 Å². The molecule has 23 heavy (non-hydrogen) atoms. The van der Waals surface area contributed by atoms with Gasteiger partial charge in [-0.25, -0.2) is 4.68 Å². The summed E-state index contributed by atoms with van der Waals surface area (Å²) in [6, 6.07) is 14.9. The number of halogens is 1. The highest BCUT2D eigenvalue weighted by Crippen LogP contribution is 2.35. The molecule has 0 saturated carbocycles. The highest BCUT2D eigenvalue weighted by molar-refractivity contribution is 9.10. The van der Waals surface area contributed by atoms with E-state index in [4.69, 9.17) is 5.10 Å². The van der Waals surface area contributed by atoms with Crippen LogP contribution >= 0.6 is 15.9 Å². The zero-order valence-corrected chi connectivity index (χ0v) is 14.8. The van der Waals surface area contributed by atoms with Gasteiger partial charge in [0.1, 0.15) is 5.82 Å². The van der Waals surface area contributed by atoms with Crippen molar-refractivity contribution in [2.45, 2.75) is 20.3 Å². The Kier molecular flexibility index (Phi) is 3.49. The standard InChI is InChI=1S/C19H18BrN3/c1-12-3-8-17(13(2)11-12)23-19-16(9-10-21-19)18(22-23)14-4-6-15(20)7-5-14/h3-8,11,21H,9-10H2,1-2H3. The van der Waals surface area contributed by atoms with Gasteiger partial charge in [-0.05, 0) is 44.0 Å². The molecular formula is C19H18BrN3. The number of fused-ring (bicyclic) bond motifs is 1. The van der Waals surface area contributed by atoms with Crippen molar-refractivity contribution in [3.63, 3.8) is 0 Å². The molecule has 2 heterocycles. The lowest BCUT2D eigenvalue weighted by molar-refractivity contribution is 0.874. The van der Waals surface area contributed by atoms with Gasteiger partial charge in [0.15, 0.2) is 0 Å². The van der Waals surface area contributed by atoms with Crippen LogP contribution < -0.4 is 5.32 Å². The van der Waals surface area contributed by atoms with Crippen LogP contribution in [0, 0.1) is 13.8 Å². The number of hydrogen-bond donors (Lipinski definition) is 1. The Morgan fingerprint density at radius 2 is 1.87 bits per heavy atom. The first-order valence-electron chi connectivity index (χ1n) is 7.83. The van der Waals surface area contributed by atoms with Crippen LogP contribution in [0.15, 0.2) is 46.9 Å². The van der Waals surface area contributed by atoms with Crippen molar-refractivity contribution in [3.05, 3.63) is 63.6 Å². The summed E-state index contributed by atoms with van der Waals surface area (Å²) in [7, 11) is 0. The molecule has 4 heteroatoms. The second-order valence-corrected chi connectivity index (χ2v) is 6.98. The maximum Gasteiger partial charge on any atom is 0.133 e. The fraction of sp³-hybridized carbons (Fsp3) is 0.211. The second kappa shape index (κ2) is 5.53. The minimum atomic E-state index is 0.974. The van der Waals surface area contributed by atoms with Crippen LogP contribution in [0.4, 0.5) is 5.82 Å². The molecule has 0 unspecified atom stereocenters. The third-order valence-electron chi connectivity index (χ3n) is 4.35. The first-order chi connectivity index (χ1) is 11.1. The number of hydrogen-bond acceptors (Lipinski definition) is 2. The van der Waals surface area contributed by atoms with Gasteiger partial charge < -0.3 is 5.32 Å². The lowest BCUT2D eigenvalue weighted by Crippen LogP contribution is -2.05. The van der Waals surface area contributed by atoms with Crippen LogP contribution in [0.3, 0.4) is 0 Å². The molecule has 0 saturated heterocycles. The minimum Gasteiger partial charge on any atom is -0.369 e. The number of nitrogens with one attached hydrogen (secondary N) is 1. The van der Waals surface area contributed by atoms with E-state index in [0.29, 0.717) is 0 Å². The Morgan fingerprint density at radius 1 is 1.09 bits per heavy atom. The van der Waals surface area contributed by atoms with Crippen molar-refractivity contribution in [2.24, 2.45) is 0 Å². The Bertz CT molecular complexity index is 878. The van der Waals surface area contributed by atoms with Gasteiger partial charge in [0, 0.05) is 22.1 Å². The summed E-state index contributed by atoms with van der Waals surface area (Å²) in [6.45, 7) is 5.24. The number of anilines is 1. The molecule has 0 fully saturated rings. The maximum absolute atomic E-state index is 4.93. The molecule has 3 aromatic rings. The topological polar surface area (TPSA) is 29.9 Å². The van der Waals surface area contributed by atoms with E-state index in [9.17, 15) is 0 Å². The monoisotopic (exact) mass is 367 g/mol. The molecular weight excluding hydrogens is 350 g/mol.